The second kappa shape index (κ2) is 6.55. The molecule has 4 rings (SSSR count). The van der Waals surface area contributed by atoms with E-state index in [1.54, 1.807) is 35.4 Å². The molecule has 1 aromatic carbocycles. The highest BCUT2D eigenvalue weighted by Gasteiger charge is 2.22. The van der Waals surface area contributed by atoms with Crippen LogP contribution in [0.3, 0.4) is 0 Å². The summed E-state index contributed by atoms with van der Waals surface area (Å²) in [6.45, 7) is 2.65. The molecule has 0 atom stereocenters. The molecule has 6 nitrogen and oxygen atoms in total. The maximum absolute atomic E-state index is 12.6. The van der Waals surface area contributed by atoms with Crippen LogP contribution in [-0.4, -0.2) is 33.2 Å². The van der Waals surface area contributed by atoms with E-state index in [4.69, 9.17) is 0 Å². The molecule has 0 bridgehead atoms. The average Bonchev–Trinajstić information content (AvgIpc) is 2.66. The summed E-state index contributed by atoms with van der Waals surface area (Å²) in [5.41, 5.74) is 4.10. The zero-order valence-electron chi connectivity index (χ0n) is 14.4. The number of urea groups is 1. The molecule has 1 aliphatic heterocycles. The fourth-order valence-corrected chi connectivity index (χ4v) is 3.13. The van der Waals surface area contributed by atoms with Gasteiger partial charge in [0.2, 0.25) is 0 Å². The molecular weight excluding hydrogens is 328 g/mol. The standard InChI is InChI=1S/C20H18N4O2/c1-13(25)14-4-6-17(7-5-14)22-20(26)24-10-8-18-16(12-24)11-15-3-2-9-21-19(15)23-18/h2-7,9,11H,8,10,12H2,1H3,(H,22,26). The van der Waals surface area contributed by atoms with Crippen LogP contribution in [0.5, 0.6) is 0 Å². The molecule has 2 amide bonds. The molecule has 3 heterocycles. The van der Waals surface area contributed by atoms with Crippen molar-refractivity contribution in [2.45, 2.75) is 19.9 Å². The van der Waals surface area contributed by atoms with E-state index >= 15 is 0 Å². The topological polar surface area (TPSA) is 75.2 Å². The van der Waals surface area contributed by atoms with Crippen LogP contribution in [0.1, 0.15) is 28.5 Å². The van der Waals surface area contributed by atoms with E-state index in [9.17, 15) is 9.59 Å². The van der Waals surface area contributed by atoms with Crippen molar-refractivity contribution in [2.24, 2.45) is 0 Å². The van der Waals surface area contributed by atoms with Gasteiger partial charge in [0.25, 0.3) is 0 Å². The number of aromatic nitrogens is 2. The molecule has 1 aliphatic rings. The predicted octanol–water partition coefficient (Wildman–Crippen LogP) is 3.42. The molecule has 0 radical (unpaired) electrons. The van der Waals surface area contributed by atoms with E-state index in [0.717, 1.165) is 22.3 Å². The minimum absolute atomic E-state index is 0.00438. The first-order valence-electron chi connectivity index (χ1n) is 8.50. The SMILES string of the molecule is CC(=O)c1ccc(NC(=O)N2CCc3nc4ncccc4cc3C2)cc1. The molecular formula is C20H18N4O2. The van der Waals surface area contributed by atoms with Gasteiger partial charge in [0.15, 0.2) is 11.4 Å². The quantitative estimate of drug-likeness (QED) is 0.722. The lowest BCUT2D eigenvalue weighted by Crippen LogP contribution is -2.39. The van der Waals surface area contributed by atoms with Gasteiger partial charge >= 0.3 is 6.03 Å². The largest absolute Gasteiger partial charge is 0.322 e. The van der Waals surface area contributed by atoms with Crippen molar-refractivity contribution in [1.29, 1.82) is 0 Å². The summed E-state index contributed by atoms with van der Waals surface area (Å²) < 4.78 is 0. The number of anilines is 1. The zero-order chi connectivity index (χ0) is 18.1. The highest BCUT2D eigenvalue weighted by Crippen LogP contribution is 2.22. The van der Waals surface area contributed by atoms with Crippen LogP contribution in [0.25, 0.3) is 11.0 Å². The fraction of sp³-hybridized carbons (Fsp3) is 0.200. The molecule has 26 heavy (non-hydrogen) atoms. The maximum Gasteiger partial charge on any atom is 0.322 e. The van der Waals surface area contributed by atoms with Gasteiger partial charge in [0.05, 0.1) is 0 Å². The molecule has 3 aromatic rings. The molecule has 2 aromatic heterocycles. The first kappa shape index (κ1) is 16.2. The predicted molar refractivity (Wildman–Crippen MR) is 99.1 cm³/mol. The highest BCUT2D eigenvalue weighted by atomic mass is 16.2. The minimum Gasteiger partial charge on any atom is -0.320 e. The zero-order valence-corrected chi connectivity index (χ0v) is 14.4. The second-order valence-electron chi connectivity index (χ2n) is 6.38. The lowest BCUT2D eigenvalue weighted by Gasteiger charge is -2.28. The summed E-state index contributed by atoms with van der Waals surface area (Å²) in [6, 6.07) is 12.7. The van der Waals surface area contributed by atoms with Crippen LogP contribution >= 0.6 is 0 Å². The van der Waals surface area contributed by atoms with Gasteiger partial charge in [-0.25, -0.2) is 14.8 Å². The number of amides is 2. The van der Waals surface area contributed by atoms with Crippen LogP contribution in [0.2, 0.25) is 0 Å². The Morgan fingerprint density at radius 1 is 1.15 bits per heavy atom. The number of fused-ring (bicyclic) bond motifs is 2. The number of benzene rings is 1. The number of ketones is 1. The van der Waals surface area contributed by atoms with E-state index in [1.165, 1.54) is 6.92 Å². The van der Waals surface area contributed by atoms with Gasteiger partial charge in [-0.1, -0.05) is 0 Å². The van der Waals surface area contributed by atoms with Crippen molar-refractivity contribution >= 4 is 28.5 Å². The third kappa shape index (κ3) is 3.13. The third-order valence-electron chi connectivity index (χ3n) is 4.57. The monoisotopic (exact) mass is 346 g/mol. The number of hydrogen-bond donors (Lipinski definition) is 1. The number of carbonyl (C=O) groups excluding carboxylic acids is 2. The van der Waals surface area contributed by atoms with Gasteiger partial charge in [0, 0.05) is 48.0 Å². The number of nitrogens with one attached hydrogen (secondary N) is 1. The van der Waals surface area contributed by atoms with Gasteiger partial charge in [-0.15, -0.1) is 0 Å². The maximum atomic E-state index is 12.6. The third-order valence-corrected chi connectivity index (χ3v) is 4.57. The van der Waals surface area contributed by atoms with Gasteiger partial charge in [0.1, 0.15) is 0 Å². The van der Waals surface area contributed by atoms with E-state index in [-0.39, 0.29) is 11.8 Å². The van der Waals surface area contributed by atoms with Crippen molar-refractivity contribution in [3.05, 3.63) is 65.5 Å². The van der Waals surface area contributed by atoms with Crippen LogP contribution in [0, 0.1) is 0 Å². The minimum atomic E-state index is -0.155. The lowest BCUT2D eigenvalue weighted by molar-refractivity contribution is 0.101. The molecule has 6 heteroatoms. The summed E-state index contributed by atoms with van der Waals surface area (Å²) in [4.78, 5) is 34.6. The summed E-state index contributed by atoms with van der Waals surface area (Å²) in [6.07, 6.45) is 2.44. The van der Waals surface area contributed by atoms with Crippen molar-refractivity contribution < 1.29 is 9.59 Å². The molecule has 0 saturated carbocycles. The Kier molecular flexibility index (Phi) is 4.08. The summed E-state index contributed by atoms with van der Waals surface area (Å²) in [7, 11) is 0. The Hall–Kier alpha value is -3.28. The van der Waals surface area contributed by atoms with Gasteiger partial charge < -0.3 is 10.2 Å². The number of nitrogens with zero attached hydrogens (tertiary/aromatic N) is 3. The molecule has 1 N–H and O–H groups in total. The molecule has 0 saturated heterocycles. The number of pyridine rings is 2. The van der Waals surface area contributed by atoms with Crippen molar-refractivity contribution in [3.63, 3.8) is 0 Å². The van der Waals surface area contributed by atoms with Gasteiger partial charge in [-0.05, 0) is 55.0 Å². The van der Waals surface area contributed by atoms with Crippen molar-refractivity contribution in [2.75, 3.05) is 11.9 Å². The Morgan fingerprint density at radius 2 is 1.96 bits per heavy atom. The highest BCUT2D eigenvalue weighted by molar-refractivity contribution is 5.95. The number of carbonyl (C=O) groups is 2. The summed E-state index contributed by atoms with van der Waals surface area (Å²) >= 11 is 0. The first-order valence-corrected chi connectivity index (χ1v) is 8.50. The van der Waals surface area contributed by atoms with E-state index in [1.807, 2.05) is 12.1 Å². The number of rotatable bonds is 2. The van der Waals surface area contributed by atoms with E-state index in [2.05, 4.69) is 21.4 Å². The molecule has 0 fully saturated rings. The van der Waals surface area contributed by atoms with Crippen LogP contribution in [0.4, 0.5) is 10.5 Å². The van der Waals surface area contributed by atoms with E-state index < -0.39 is 0 Å². The Morgan fingerprint density at radius 3 is 2.73 bits per heavy atom. The van der Waals surface area contributed by atoms with Crippen LogP contribution in [-0.2, 0) is 13.0 Å². The van der Waals surface area contributed by atoms with Crippen LogP contribution < -0.4 is 5.32 Å². The van der Waals surface area contributed by atoms with Crippen molar-refractivity contribution in [3.8, 4) is 0 Å². The second-order valence-corrected chi connectivity index (χ2v) is 6.38. The summed E-state index contributed by atoms with van der Waals surface area (Å²) in [5.74, 6) is 0.00438. The smallest absolute Gasteiger partial charge is 0.320 e. The van der Waals surface area contributed by atoms with Gasteiger partial charge in [-0.3, -0.25) is 4.79 Å². The Balaban J connectivity index is 1.50. The van der Waals surface area contributed by atoms with Crippen molar-refractivity contribution in [1.82, 2.24) is 14.9 Å². The number of Topliss-reactive ketones (excluding diaryl/α,β-unsaturated/α-hetero) is 1. The van der Waals surface area contributed by atoms with E-state index in [0.29, 0.717) is 30.8 Å². The first-order chi connectivity index (χ1) is 12.6. The fourth-order valence-electron chi connectivity index (χ4n) is 3.13. The molecule has 0 unspecified atom stereocenters. The normalized spacial score (nSPS) is 13.3. The van der Waals surface area contributed by atoms with Crippen LogP contribution in [0.15, 0.2) is 48.7 Å². The lowest BCUT2D eigenvalue weighted by atomic mass is 10.0. The Labute approximate surface area is 150 Å². The molecule has 130 valence electrons. The molecule has 0 aliphatic carbocycles. The number of hydrogen-bond acceptors (Lipinski definition) is 4. The average molecular weight is 346 g/mol. The summed E-state index contributed by atoms with van der Waals surface area (Å²) in [5, 5.41) is 3.87. The molecule has 0 spiro atoms. The Bertz CT molecular complexity index is 998. The van der Waals surface area contributed by atoms with Gasteiger partial charge in [-0.2, -0.15) is 0 Å².